The van der Waals surface area contributed by atoms with Crippen LogP contribution in [-0.4, -0.2) is 18.5 Å². The van der Waals surface area contributed by atoms with E-state index in [0.717, 1.165) is 3.57 Å². The molecule has 0 radical (unpaired) electrons. The molecule has 1 aromatic rings. The summed E-state index contributed by atoms with van der Waals surface area (Å²) in [5.41, 5.74) is 0. The molecule has 0 aliphatic carbocycles. The zero-order valence-electron chi connectivity index (χ0n) is 7.30. The molecule has 5 heteroatoms. The third-order valence-corrected chi connectivity index (χ3v) is 2.23. The number of rotatable bonds is 3. The minimum absolute atomic E-state index is 0.376. The minimum atomic E-state index is -0.479. The first-order valence-corrected chi connectivity index (χ1v) is 5.61. The van der Waals surface area contributed by atoms with E-state index in [0.29, 0.717) is 18.2 Å². The van der Waals surface area contributed by atoms with Crippen molar-refractivity contribution < 1.29 is 9.53 Å². The lowest BCUT2D eigenvalue weighted by Crippen LogP contribution is -2.28. The SMILES string of the molecule is O=C(NCCCl)Oc1cccc(I)c1. The normalized spacial score (nSPS) is 9.57. The summed E-state index contributed by atoms with van der Waals surface area (Å²) < 4.78 is 6.00. The van der Waals surface area contributed by atoms with Crippen LogP contribution in [0.15, 0.2) is 24.3 Å². The van der Waals surface area contributed by atoms with Crippen LogP contribution in [0.4, 0.5) is 4.79 Å². The van der Waals surface area contributed by atoms with Gasteiger partial charge in [0.2, 0.25) is 0 Å². The van der Waals surface area contributed by atoms with Crippen LogP contribution in [-0.2, 0) is 0 Å². The van der Waals surface area contributed by atoms with Gasteiger partial charge in [-0.15, -0.1) is 11.6 Å². The topological polar surface area (TPSA) is 38.3 Å². The van der Waals surface area contributed by atoms with Gasteiger partial charge in [-0.3, -0.25) is 0 Å². The maximum absolute atomic E-state index is 11.1. The molecule has 0 fully saturated rings. The van der Waals surface area contributed by atoms with Gasteiger partial charge in [0.25, 0.3) is 0 Å². The first kappa shape index (κ1) is 11.6. The average molecular weight is 326 g/mol. The molecule has 14 heavy (non-hydrogen) atoms. The van der Waals surface area contributed by atoms with Crippen LogP contribution in [0.2, 0.25) is 0 Å². The van der Waals surface area contributed by atoms with Crippen molar-refractivity contribution in [2.24, 2.45) is 0 Å². The van der Waals surface area contributed by atoms with Gasteiger partial charge in [0, 0.05) is 16.0 Å². The molecule has 0 aliphatic rings. The Balaban J connectivity index is 2.47. The highest BCUT2D eigenvalue weighted by Gasteiger charge is 2.02. The van der Waals surface area contributed by atoms with Crippen LogP contribution in [0.25, 0.3) is 0 Å². The van der Waals surface area contributed by atoms with E-state index in [1.54, 1.807) is 12.1 Å². The summed E-state index contributed by atoms with van der Waals surface area (Å²) in [7, 11) is 0. The Morgan fingerprint density at radius 3 is 3.00 bits per heavy atom. The molecular formula is C9H9ClINO2. The van der Waals surface area contributed by atoms with Crippen molar-refractivity contribution in [3.8, 4) is 5.75 Å². The molecule has 0 aliphatic heterocycles. The van der Waals surface area contributed by atoms with E-state index in [1.807, 2.05) is 12.1 Å². The Bertz CT molecular complexity index is 319. The van der Waals surface area contributed by atoms with Crippen molar-refractivity contribution in [1.82, 2.24) is 5.32 Å². The van der Waals surface area contributed by atoms with Crippen molar-refractivity contribution in [2.75, 3.05) is 12.4 Å². The number of nitrogens with one attached hydrogen (secondary N) is 1. The van der Waals surface area contributed by atoms with E-state index in [1.165, 1.54) is 0 Å². The molecule has 1 rings (SSSR count). The predicted octanol–water partition coefficient (Wildman–Crippen LogP) is 2.62. The Kier molecular flexibility index (Phi) is 5.03. The predicted molar refractivity (Wildman–Crippen MR) is 63.9 cm³/mol. The van der Waals surface area contributed by atoms with Gasteiger partial charge >= 0.3 is 6.09 Å². The van der Waals surface area contributed by atoms with Gasteiger partial charge in [-0.25, -0.2) is 4.79 Å². The smallest absolute Gasteiger partial charge is 0.410 e. The second-order valence-electron chi connectivity index (χ2n) is 2.46. The maximum atomic E-state index is 11.1. The summed E-state index contributed by atoms with van der Waals surface area (Å²) in [6.45, 7) is 0.407. The van der Waals surface area contributed by atoms with Crippen LogP contribution in [0.5, 0.6) is 5.75 Å². The zero-order chi connectivity index (χ0) is 10.4. The molecule has 76 valence electrons. The number of hydrogen-bond donors (Lipinski definition) is 1. The molecule has 0 atom stereocenters. The van der Waals surface area contributed by atoms with Gasteiger partial charge in [-0.1, -0.05) is 6.07 Å². The lowest BCUT2D eigenvalue weighted by molar-refractivity contribution is 0.201. The third kappa shape index (κ3) is 4.15. The van der Waals surface area contributed by atoms with E-state index < -0.39 is 6.09 Å². The van der Waals surface area contributed by atoms with Gasteiger partial charge in [-0.05, 0) is 40.8 Å². The van der Waals surface area contributed by atoms with E-state index >= 15 is 0 Å². The first-order chi connectivity index (χ1) is 6.72. The summed E-state index contributed by atoms with van der Waals surface area (Å²) >= 11 is 7.55. The molecule has 0 spiro atoms. The largest absolute Gasteiger partial charge is 0.412 e. The maximum Gasteiger partial charge on any atom is 0.412 e. The molecule has 1 aromatic carbocycles. The van der Waals surface area contributed by atoms with Gasteiger partial charge < -0.3 is 10.1 Å². The van der Waals surface area contributed by atoms with Gasteiger partial charge in [0.15, 0.2) is 0 Å². The number of carbonyl (C=O) groups excluding carboxylic acids is 1. The lowest BCUT2D eigenvalue weighted by atomic mass is 10.3. The molecule has 1 amide bonds. The molecule has 1 N–H and O–H groups in total. The summed E-state index contributed by atoms with van der Waals surface area (Å²) in [5, 5.41) is 2.50. The monoisotopic (exact) mass is 325 g/mol. The number of hydrogen-bond acceptors (Lipinski definition) is 2. The highest BCUT2D eigenvalue weighted by atomic mass is 127. The van der Waals surface area contributed by atoms with Crippen molar-refractivity contribution in [2.45, 2.75) is 0 Å². The molecular weight excluding hydrogens is 316 g/mol. The fourth-order valence-corrected chi connectivity index (χ4v) is 1.43. The number of benzene rings is 1. The van der Waals surface area contributed by atoms with Crippen LogP contribution >= 0.6 is 34.2 Å². The molecule has 0 saturated carbocycles. The molecule has 3 nitrogen and oxygen atoms in total. The molecule has 0 heterocycles. The Labute approximate surface area is 101 Å². The second-order valence-corrected chi connectivity index (χ2v) is 4.09. The Morgan fingerprint density at radius 2 is 2.36 bits per heavy atom. The van der Waals surface area contributed by atoms with Gasteiger partial charge in [-0.2, -0.15) is 0 Å². The fraction of sp³-hybridized carbons (Fsp3) is 0.222. The van der Waals surface area contributed by atoms with Crippen molar-refractivity contribution >= 4 is 40.3 Å². The third-order valence-electron chi connectivity index (χ3n) is 1.37. The number of ether oxygens (including phenoxy) is 1. The quantitative estimate of drug-likeness (QED) is 0.685. The van der Waals surface area contributed by atoms with Crippen molar-refractivity contribution in [3.05, 3.63) is 27.8 Å². The van der Waals surface area contributed by atoms with Crippen LogP contribution in [0.3, 0.4) is 0 Å². The molecule has 0 aromatic heterocycles. The van der Waals surface area contributed by atoms with Crippen molar-refractivity contribution in [1.29, 1.82) is 0 Å². The summed E-state index contributed by atoms with van der Waals surface area (Å²) in [4.78, 5) is 11.1. The average Bonchev–Trinajstić information content (AvgIpc) is 2.15. The summed E-state index contributed by atoms with van der Waals surface area (Å²) in [6.07, 6.45) is -0.479. The summed E-state index contributed by atoms with van der Waals surface area (Å²) in [5.74, 6) is 0.908. The second kappa shape index (κ2) is 6.08. The summed E-state index contributed by atoms with van der Waals surface area (Å²) in [6, 6.07) is 7.25. The standard InChI is InChI=1S/C9H9ClINO2/c10-4-5-12-9(13)14-8-3-1-2-7(11)6-8/h1-3,6H,4-5H2,(H,12,13). The molecule has 0 saturated heterocycles. The number of alkyl halides is 1. The van der Waals surface area contributed by atoms with Crippen molar-refractivity contribution in [3.63, 3.8) is 0 Å². The molecule has 0 unspecified atom stereocenters. The van der Waals surface area contributed by atoms with Gasteiger partial charge in [0.1, 0.15) is 5.75 Å². The van der Waals surface area contributed by atoms with E-state index in [4.69, 9.17) is 16.3 Å². The Hall–Kier alpha value is -0.490. The number of amides is 1. The highest BCUT2D eigenvalue weighted by molar-refractivity contribution is 14.1. The van der Waals surface area contributed by atoms with E-state index in [-0.39, 0.29) is 0 Å². The Morgan fingerprint density at radius 1 is 1.57 bits per heavy atom. The number of halogens is 2. The minimum Gasteiger partial charge on any atom is -0.410 e. The molecule has 0 bridgehead atoms. The van der Waals surface area contributed by atoms with E-state index in [9.17, 15) is 4.79 Å². The highest BCUT2D eigenvalue weighted by Crippen LogP contribution is 2.14. The fourth-order valence-electron chi connectivity index (χ4n) is 0.823. The van der Waals surface area contributed by atoms with Crippen LogP contribution in [0.1, 0.15) is 0 Å². The first-order valence-electron chi connectivity index (χ1n) is 3.99. The number of carbonyl (C=O) groups is 1. The van der Waals surface area contributed by atoms with Gasteiger partial charge in [0.05, 0.1) is 0 Å². The van der Waals surface area contributed by atoms with Crippen LogP contribution in [0, 0.1) is 3.57 Å². The van der Waals surface area contributed by atoms with Crippen LogP contribution < -0.4 is 10.1 Å². The lowest BCUT2D eigenvalue weighted by Gasteiger charge is -2.04. The zero-order valence-corrected chi connectivity index (χ0v) is 10.2. The van der Waals surface area contributed by atoms with E-state index in [2.05, 4.69) is 27.9 Å².